The maximum Gasteiger partial charge on any atom is 0.150 e. The number of ether oxygens (including phenoxy) is 1. The summed E-state index contributed by atoms with van der Waals surface area (Å²) >= 11 is 0. The van der Waals surface area contributed by atoms with Gasteiger partial charge in [0.1, 0.15) is 11.4 Å². The fourth-order valence-corrected chi connectivity index (χ4v) is 1.93. The van der Waals surface area contributed by atoms with Crippen molar-refractivity contribution in [3.63, 3.8) is 0 Å². The minimum Gasteiger partial charge on any atom is -0.489 e. The Labute approximate surface area is 112 Å². The standard InChI is InChI=1S/C15H16N2O2/c1-10(2)19-15-9-13(11(3)8-14(15)17-18)12-4-6-16-7-5-12/h4-10H,1-3H3. The molecule has 0 aliphatic heterocycles. The number of aryl methyl sites for hydroxylation is 1. The van der Waals surface area contributed by atoms with Gasteiger partial charge >= 0.3 is 0 Å². The molecule has 19 heavy (non-hydrogen) atoms. The lowest BCUT2D eigenvalue weighted by Gasteiger charge is -2.14. The Kier molecular flexibility index (Phi) is 3.90. The van der Waals surface area contributed by atoms with Crippen molar-refractivity contribution in [1.29, 1.82) is 0 Å². The van der Waals surface area contributed by atoms with Gasteiger partial charge in [-0.1, -0.05) is 0 Å². The van der Waals surface area contributed by atoms with Crippen LogP contribution in [0.2, 0.25) is 0 Å². The van der Waals surface area contributed by atoms with Gasteiger partial charge in [-0.2, -0.15) is 0 Å². The van der Waals surface area contributed by atoms with Crippen molar-refractivity contribution in [3.05, 3.63) is 47.1 Å². The quantitative estimate of drug-likeness (QED) is 0.769. The summed E-state index contributed by atoms with van der Waals surface area (Å²) in [5, 5.41) is 3.03. The van der Waals surface area contributed by atoms with E-state index in [0.717, 1.165) is 16.7 Å². The fraction of sp³-hybridized carbons (Fsp3) is 0.267. The molecule has 0 spiro atoms. The van der Waals surface area contributed by atoms with Crippen LogP contribution in [0.25, 0.3) is 11.1 Å². The number of nitrogens with zero attached hydrogens (tertiary/aromatic N) is 2. The SMILES string of the molecule is Cc1cc(N=O)c(OC(C)C)cc1-c1ccncc1. The van der Waals surface area contributed by atoms with Gasteiger partial charge in [-0.15, -0.1) is 4.91 Å². The fourth-order valence-electron chi connectivity index (χ4n) is 1.93. The molecule has 0 unspecified atom stereocenters. The summed E-state index contributed by atoms with van der Waals surface area (Å²) in [5.74, 6) is 0.516. The Morgan fingerprint density at radius 1 is 1.21 bits per heavy atom. The first-order valence-electron chi connectivity index (χ1n) is 6.17. The Morgan fingerprint density at radius 3 is 2.47 bits per heavy atom. The van der Waals surface area contributed by atoms with Crippen molar-refractivity contribution in [3.8, 4) is 16.9 Å². The highest BCUT2D eigenvalue weighted by molar-refractivity contribution is 5.73. The average Bonchev–Trinajstić information content (AvgIpc) is 2.40. The Hall–Kier alpha value is -2.23. The Bertz CT molecular complexity index is 580. The van der Waals surface area contributed by atoms with Gasteiger partial charge in [0.25, 0.3) is 0 Å². The summed E-state index contributed by atoms with van der Waals surface area (Å²) < 4.78 is 5.64. The van der Waals surface area contributed by atoms with E-state index >= 15 is 0 Å². The highest BCUT2D eigenvalue weighted by atomic mass is 16.5. The summed E-state index contributed by atoms with van der Waals surface area (Å²) in [7, 11) is 0. The summed E-state index contributed by atoms with van der Waals surface area (Å²) in [5.41, 5.74) is 3.38. The van der Waals surface area contributed by atoms with Gasteiger partial charge in [0.15, 0.2) is 0 Å². The van der Waals surface area contributed by atoms with Crippen LogP contribution in [0, 0.1) is 11.8 Å². The van der Waals surface area contributed by atoms with E-state index in [1.54, 1.807) is 18.5 Å². The zero-order valence-corrected chi connectivity index (χ0v) is 11.3. The van der Waals surface area contributed by atoms with Gasteiger partial charge in [-0.3, -0.25) is 4.98 Å². The van der Waals surface area contributed by atoms with Gasteiger partial charge < -0.3 is 4.74 Å². The maximum atomic E-state index is 10.9. The Balaban J connectivity index is 2.53. The van der Waals surface area contributed by atoms with Crippen LogP contribution in [0.15, 0.2) is 41.8 Å². The molecule has 2 rings (SSSR count). The van der Waals surface area contributed by atoms with E-state index in [9.17, 15) is 4.91 Å². The number of pyridine rings is 1. The molecule has 0 saturated heterocycles. The molecule has 1 heterocycles. The van der Waals surface area contributed by atoms with E-state index in [4.69, 9.17) is 4.74 Å². The number of hydrogen-bond donors (Lipinski definition) is 0. The molecule has 0 bridgehead atoms. The molecule has 4 heteroatoms. The van der Waals surface area contributed by atoms with Crippen molar-refractivity contribution in [2.45, 2.75) is 26.9 Å². The van der Waals surface area contributed by atoms with Crippen molar-refractivity contribution in [1.82, 2.24) is 4.98 Å². The smallest absolute Gasteiger partial charge is 0.150 e. The largest absolute Gasteiger partial charge is 0.489 e. The molecule has 2 aromatic rings. The van der Waals surface area contributed by atoms with Crippen LogP contribution >= 0.6 is 0 Å². The monoisotopic (exact) mass is 256 g/mol. The second kappa shape index (κ2) is 5.61. The lowest BCUT2D eigenvalue weighted by molar-refractivity contribution is 0.243. The molecule has 0 N–H and O–H groups in total. The van der Waals surface area contributed by atoms with Crippen LogP contribution in [0.3, 0.4) is 0 Å². The molecule has 0 amide bonds. The molecule has 0 aliphatic carbocycles. The normalized spacial score (nSPS) is 10.5. The maximum absolute atomic E-state index is 10.9. The molecule has 1 aromatic heterocycles. The lowest BCUT2D eigenvalue weighted by Crippen LogP contribution is -2.06. The first-order valence-corrected chi connectivity index (χ1v) is 6.17. The average molecular weight is 256 g/mol. The summed E-state index contributed by atoms with van der Waals surface area (Å²) in [6.07, 6.45) is 3.47. The third-order valence-electron chi connectivity index (χ3n) is 2.76. The first-order chi connectivity index (χ1) is 9.11. The van der Waals surface area contributed by atoms with Gasteiger partial charge in [0.2, 0.25) is 0 Å². The molecule has 0 aliphatic rings. The van der Waals surface area contributed by atoms with Crippen LogP contribution in [-0.2, 0) is 0 Å². The highest BCUT2D eigenvalue weighted by Crippen LogP contribution is 2.36. The predicted octanol–water partition coefficient (Wildman–Crippen LogP) is 4.24. The number of hydrogen-bond acceptors (Lipinski definition) is 4. The molecule has 4 nitrogen and oxygen atoms in total. The molecule has 0 fully saturated rings. The van der Waals surface area contributed by atoms with Gasteiger partial charge in [-0.25, -0.2) is 0 Å². The van der Waals surface area contributed by atoms with Gasteiger partial charge in [-0.05, 0) is 66.9 Å². The second-order valence-corrected chi connectivity index (χ2v) is 4.63. The van der Waals surface area contributed by atoms with Crippen molar-refractivity contribution in [2.75, 3.05) is 0 Å². The molecule has 0 saturated carbocycles. The van der Waals surface area contributed by atoms with Crippen molar-refractivity contribution >= 4 is 5.69 Å². The van der Waals surface area contributed by atoms with Crippen LogP contribution < -0.4 is 4.74 Å². The molecule has 98 valence electrons. The van der Waals surface area contributed by atoms with Crippen LogP contribution in [0.4, 0.5) is 5.69 Å². The van der Waals surface area contributed by atoms with Gasteiger partial charge in [0, 0.05) is 12.4 Å². The number of aromatic nitrogens is 1. The topological polar surface area (TPSA) is 51.5 Å². The third-order valence-corrected chi connectivity index (χ3v) is 2.76. The van der Waals surface area contributed by atoms with E-state index in [1.807, 2.05) is 39.0 Å². The number of nitroso groups, excluding NO2 is 1. The minimum absolute atomic E-state index is 0.00602. The minimum atomic E-state index is -0.00602. The zero-order valence-electron chi connectivity index (χ0n) is 11.3. The van der Waals surface area contributed by atoms with Gasteiger partial charge in [0.05, 0.1) is 6.10 Å². The van der Waals surface area contributed by atoms with E-state index in [0.29, 0.717) is 11.4 Å². The highest BCUT2D eigenvalue weighted by Gasteiger charge is 2.12. The Morgan fingerprint density at radius 2 is 1.89 bits per heavy atom. The lowest BCUT2D eigenvalue weighted by atomic mass is 10.0. The van der Waals surface area contributed by atoms with Crippen molar-refractivity contribution in [2.24, 2.45) is 5.18 Å². The first kappa shape index (κ1) is 13.2. The summed E-state index contributed by atoms with van der Waals surface area (Å²) in [4.78, 5) is 14.9. The molecule has 0 radical (unpaired) electrons. The van der Waals surface area contributed by atoms with E-state index in [2.05, 4.69) is 10.2 Å². The molecular weight excluding hydrogens is 240 g/mol. The van der Waals surface area contributed by atoms with Crippen LogP contribution in [0.5, 0.6) is 5.75 Å². The van der Waals surface area contributed by atoms with Crippen molar-refractivity contribution < 1.29 is 4.74 Å². The molecule has 1 aromatic carbocycles. The second-order valence-electron chi connectivity index (χ2n) is 4.63. The number of benzene rings is 1. The molecular formula is C15H16N2O2. The summed E-state index contributed by atoms with van der Waals surface area (Å²) in [6, 6.07) is 7.47. The van der Waals surface area contributed by atoms with E-state index < -0.39 is 0 Å². The predicted molar refractivity (Wildman–Crippen MR) is 75.6 cm³/mol. The van der Waals surface area contributed by atoms with E-state index in [1.165, 1.54) is 0 Å². The summed E-state index contributed by atoms with van der Waals surface area (Å²) in [6.45, 7) is 5.78. The number of rotatable bonds is 4. The molecule has 0 atom stereocenters. The van der Waals surface area contributed by atoms with Crippen LogP contribution in [0.1, 0.15) is 19.4 Å². The van der Waals surface area contributed by atoms with E-state index in [-0.39, 0.29) is 6.10 Å². The third kappa shape index (κ3) is 2.96. The van der Waals surface area contributed by atoms with Crippen LogP contribution in [-0.4, -0.2) is 11.1 Å². The zero-order chi connectivity index (χ0) is 13.8.